The molecular weight excluding hydrogens is 222 g/mol. The van der Waals surface area contributed by atoms with Crippen LogP contribution in [0.1, 0.15) is 20.8 Å². The van der Waals surface area contributed by atoms with E-state index in [0.29, 0.717) is 24.9 Å². The van der Waals surface area contributed by atoms with Crippen molar-refractivity contribution in [1.82, 2.24) is 4.98 Å². The lowest BCUT2D eigenvalue weighted by molar-refractivity contribution is -0.384. The zero-order valence-corrected chi connectivity index (χ0v) is 10.3. The predicted octanol–water partition coefficient (Wildman–Crippen LogP) is 2.46. The number of hydrogen-bond donors (Lipinski definition) is 1. The van der Waals surface area contributed by atoms with Crippen molar-refractivity contribution in [3.05, 3.63) is 22.2 Å². The van der Waals surface area contributed by atoms with Gasteiger partial charge in [-0.3, -0.25) is 10.1 Å². The summed E-state index contributed by atoms with van der Waals surface area (Å²) in [7, 11) is 0. The summed E-state index contributed by atoms with van der Waals surface area (Å²) in [6, 6.07) is 2.73. The highest BCUT2D eigenvalue weighted by Gasteiger charge is 2.12. The Balaban J connectivity index is 2.91. The Bertz CT molecular complexity index is 394. The van der Waals surface area contributed by atoms with Gasteiger partial charge in [0.1, 0.15) is 5.82 Å². The van der Waals surface area contributed by atoms with Crippen LogP contribution in [0.2, 0.25) is 0 Å². The van der Waals surface area contributed by atoms with Gasteiger partial charge in [-0.15, -0.1) is 0 Å². The minimum absolute atomic E-state index is 0.0188. The van der Waals surface area contributed by atoms with E-state index in [-0.39, 0.29) is 11.6 Å². The van der Waals surface area contributed by atoms with E-state index in [1.165, 1.54) is 12.1 Å². The van der Waals surface area contributed by atoms with Crippen molar-refractivity contribution in [3.63, 3.8) is 0 Å². The lowest BCUT2D eigenvalue weighted by atomic mass is 10.2. The number of rotatable bonds is 6. The largest absolute Gasteiger partial charge is 0.477 e. The highest BCUT2D eigenvalue weighted by Crippen LogP contribution is 2.22. The number of pyridine rings is 1. The Labute approximate surface area is 100 Å². The molecule has 17 heavy (non-hydrogen) atoms. The summed E-state index contributed by atoms with van der Waals surface area (Å²) < 4.78 is 5.39. The molecular formula is C11H17N3O3. The van der Waals surface area contributed by atoms with Gasteiger partial charge < -0.3 is 10.1 Å². The zero-order valence-electron chi connectivity index (χ0n) is 10.3. The lowest BCUT2D eigenvalue weighted by Crippen LogP contribution is -2.08. The number of nitro groups is 1. The maximum absolute atomic E-state index is 10.7. The molecule has 0 atom stereocenters. The first-order valence-corrected chi connectivity index (χ1v) is 5.56. The monoisotopic (exact) mass is 239 g/mol. The van der Waals surface area contributed by atoms with E-state index in [1.807, 2.05) is 20.8 Å². The normalized spacial score (nSPS) is 10.4. The summed E-state index contributed by atoms with van der Waals surface area (Å²) in [6.07, 6.45) is 0. The van der Waals surface area contributed by atoms with Crippen LogP contribution in [0.5, 0.6) is 5.88 Å². The first kappa shape index (κ1) is 13.2. The number of hydrogen-bond acceptors (Lipinski definition) is 5. The molecule has 0 aliphatic rings. The summed E-state index contributed by atoms with van der Waals surface area (Å²) in [6.45, 7) is 7.04. The highest BCUT2D eigenvalue weighted by molar-refractivity contribution is 5.48. The standard InChI is InChI=1S/C11H17N3O3/c1-4-12-10-5-9(14(15)16)6-11(13-10)17-7-8(2)3/h5-6,8H,4,7H2,1-3H3,(H,12,13). The smallest absolute Gasteiger partial charge is 0.278 e. The predicted molar refractivity (Wildman–Crippen MR) is 65.4 cm³/mol. The van der Waals surface area contributed by atoms with Gasteiger partial charge in [0.15, 0.2) is 0 Å². The molecule has 1 aromatic heterocycles. The van der Waals surface area contributed by atoms with Crippen molar-refractivity contribution >= 4 is 11.5 Å². The van der Waals surface area contributed by atoms with Crippen molar-refractivity contribution in [3.8, 4) is 5.88 Å². The first-order chi connectivity index (χ1) is 8.02. The molecule has 0 aliphatic heterocycles. The van der Waals surface area contributed by atoms with E-state index in [4.69, 9.17) is 4.74 Å². The Hall–Kier alpha value is -1.85. The second-order valence-corrected chi connectivity index (χ2v) is 4.04. The van der Waals surface area contributed by atoms with Crippen LogP contribution in [0.4, 0.5) is 11.5 Å². The van der Waals surface area contributed by atoms with Gasteiger partial charge in [0.2, 0.25) is 5.88 Å². The number of nitrogens with one attached hydrogen (secondary N) is 1. The van der Waals surface area contributed by atoms with Gasteiger partial charge in [-0.05, 0) is 12.8 Å². The molecule has 0 aliphatic carbocycles. The van der Waals surface area contributed by atoms with Crippen LogP contribution >= 0.6 is 0 Å². The summed E-state index contributed by atoms with van der Waals surface area (Å²) in [5.41, 5.74) is -0.0188. The molecule has 0 spiro atoms. The molecule has 1 aromatic rings. The van der Waals surface area contributed by atoms with Crippen LogP contribution in [0.15, 0.2) is 12.1 Å². The van der Waals surface area contributed by atoms with Crippen molar-refractivity contribution in [2.24, 2.45) is 5.92 Å². The molecule has 0 saturated heterocycles. The highest BCUT2D eigenvalue weighted by atomic mass is 16.6. The van der Waals surface area contributed by atoms with Gasteiger partial charge in [-0.1, -0.05) is 13.8 Å². The van der Waals surface area contributed by atoms with Crippen molar-refractivity contribution in [1.29, 1.82) is 0 Å². The third-order valence-electron chi connectivity index (χ3n) is 1.92. The molecule has 0 radical (unpaired) electrons. The van der Waals surface area contributed by atoms with Gasteiger partial charge in [0.25, 0.3) is 5.69 Å². The van der Waals surface area contributed by atoms with E-state index < -0.39 is 4.92 Å². The van der Waals surface area contributed by atoms with E-state index in [9.17, 15) is 10.1 Å². The van der Waals surface area contributed by atoms with Crippen molar-refractivity contribution < 1.29 is 9.66 Å². The Kier molecular flexibility index (Phi) is 4.68. The number of anilines is 1. The third-order valence-corrected chi connectivity index (χ3v) is 1.92. The molecule has 0 fully saturated rings. The van der Waals surface area contributed by atoms with E-state index in [0.717, 1.165) is 0 Å². The summed E-state index contributed by atoms with van der Waals surface area (Å²) >= 11 is 0. The Morgan fingerprint density at radius 1 is 1.53 bits per heavy atom. The molecule has 1 rings (SSSR count). The molecule has 0 bridgehead atoms. The second-order valence-electron chi connectivity index (χ2n) is 4.04. The van der Waals surface area contributed by atoms with E-state index in [2.05, 4.69) is 10.3 Å². The topological polar surface area (TPSA) is 77.3 Å². The molecule has 94 valence electrons. The number of nitrogens with zero attached hydrogens (tertiary/aromatic N) is 2. The van der Waals surface area contributed by atoms with Gasteiger partial charge >= 0.3 is 0 Å². The fourth-order valence-electron chi connectivity index (χ4n) is 1.19. The van der Waals surface area contributed by atoms with Crippen LogP contribution in [0, 0.1) is 16.0 Å². The quantitative estimate of drug-likeness (QED) is 0.609. The zero-order chi connectivity index (χ0) is 12.8. The maximum atomic E-state index is 10.7. The SMILES string of the molecule is CCNc1cc([N+](=O)[O-])cc(OCC(C)C)n1. The minimum atomic E-state index is -0.454. The van der Waals surface area contributed by atoms with E-state index in [1.54, 1.807) is 0 Å². The number of aromatic nitrogens is 1. The Morgan fingerprint density at radius 2 is 2.24 bits per heavy atom. The van der Waals surface area contributed by atoms with Gasteiger partial charge in [0.05, 0.1) is 23.7 Å². The van der Waals surface area contributed by atoms with Crippen LogP contribution in [0.3, 0.4) is 0 Å². The lowest BCUT2D eigenvalue weighted by Gasteiger charge is -2.09. The molecule has 0 unspecified atom stereocenters. The van der Waals surface area contributed by atoms with Crippen molar-refractivity contribution in [2.75, 3.05) is 18.5 Å². The maximum Gasteiger partial charge on any atom is 0.278 e. The molecule has 1 heterocycles. The Morgan fingerprint density at radius 3 is 2.76 bits per heavy atom. The van der Waals surface area contributed by atoms with Gasteiger partial charge in [0, 0.05) is 6.54 Å². The molecule has 1 N–H and O–H groups in total. The van der Waals surface area contributed by atoms with Gasteiger partial charge in [-0.25, -0.2) is 0 Å². The van der Waals surface area contributed by atoms with Crippen molar-refractivity contribution in [2.45, 2.75) is 20.8 Å². The molecule has 0 saturated carbocycles. The van der Waals surface area contributed by atoms with Crippen LogP contribution in [-0.4, -0.2) is 23.1 Å². The first-order valence-electron chi connectivity index (χ1n) is 5.56. The van der Waals surface area contributed by atoms with Gasteiger partial charge in [-0.2, -0.15) is 4.98 Å². The third kappa shape index (κ3) is 4.26. The summed E-state index contributed by atoms with van der Waals surface area (Å²) in [5, 5.41) is 13.7. The fourth-order valence-corrected chi connectivity index (χ4v) is 1.19. The van der Waals surface area contributed by atoms with Crippen LogP contribution in [-0.2, 0) is 0 Å². The fraction of sp³-hybridized carbons (Fsp3) is 0.545. The molecule has 6 heteroatoms. The summed E-state index contributed by atoms with van der Waals surface area (Å²) in [4.78, 5) is 14.4. The average Bonchev–Trinajstić information content (AvgIpc) is 2.26. The average molecular weight is 239 g/mol. The van der Waals surface area contributed by atoms with Crippen LogP contribution in [0.25, 0.3) is 0 Å². The van der Waals surface area contributed by atoms with Crippen LogP contribution < -0.4 is 10.1 Å². The minimum Gasteiger partial charge on any atom is -0.477 e. The van der Waals surface area contributed by atoms with E-state index >= 15 is 0 Å². The molecule has 6 nitrogen and oxygen atoms in total. The molecule has 0 aromatic carbocycles. The molecule has 0 amide bonds. The second kappa shape index (κ2) is 6.03. The summed E-state index contributed by atoms with van der Waals surface area (Å²) in [5.74, 6) is 1.09. The number of ether oxygens (including phenoxy) is 1.